The Labute approximate surface area is 118 Å². The second-order valence-electron chi connectivity index (χ2n) is 6.67. The summed E-state index contributed by atoms with van der Waals surface area (Å²) in [4.78, 5) is 2.56. The lowest BCUT2D eigenvalue weighted by molar-refractivity contribution is 0.0439. The fourth-order valence-electron chi connectivity index (χ4n) is 2.63. The van der Waals surface area contributed by atoms with Crippen LogP contribution in [-0.2, 0) is 9.47 Å². The summed E-state index contributed by atoms with van der Waals surface area (Å²) in [6, 6.07) is 0.479. The molecule has 1 saturated heterocycles. The molecule has 0 radical (unpaired) electrons. The molecule has 0 aromatic heterocycles. The lowest BCUT2D eigenvalue weighted by Crippen LogP contribution is -2.52. The van der Waals surface area contributed by atoms with Gasteiger partial charge in [-0.1, -0.05) is 0 Å². The standard InChI is InChI=1S/C15H32N2O2/c1-15(2,3)16-10-14(12-19-5)17-8-6-13(7-9-17)11-18-4/h13-14,16H,6-12H2,1-5H3. The first-order chi connectivity index (χ1) is 8.96. The molecule has 1 atom stereocenters. The van der Waals surface area contributed by atoms with Gasteiger partial charge >= 0.3 is 0 Å². The summed E-state index contributed by atoms with van der Waals surface area (Å²) < 4.78 is 10.7. The van der Waals surface area contributed by atoms with Crippen LogP contribution in [-0.4, -0.2) is 63.5 Å². The molecule has 4 nitrogen and oxygen atoms in total. The molecule has 0 aromatic rings. The van der Waals surface area contributed by atoms with Crippen LogP contribution in [0.15, 0.2) is 0 Å². The number of piperidine rings is 1. The molecule has 1 aliphatic heterocycles. The van der Waals surface area contributed by atoms with E-state index in [1.807, 2.05) is 0 Å². The molecule has 1 heterocycles. The van der Waals surface area contributed by atoms with Gasteiger partial charge in [0, 0.05) is 39.0 Å². The Balaban J connectivity index is 2.40. The maximum absolute atomic E-state index is 5.39. The zero-order valence-corrected chi connectivity index (χ0v) is 13.4. The third kappa shape index (κ3) is 6.70. The largest absolute Gasteiger partial charge is 0.384 e. The highest BCUT2D eigenvalue weighted by Gasteiger charge is 2.25. The fraction of sp³-hybridized carbons (Fsp3) is 1.00. The van der Waals surface area contributed by atoms with Gasteiger partial charge in [0.25, 0.3) is 0 Å². The van der Waals surface area contributed by atoms with Crippen molar-refractivity contribution in [3.8, 4) is 0 Å². The number of hydrogen-bond acceptors (Lipinski definition) is 4. The maximum atomic E-state index is 5.39. The third-order valence-corrected chi connectivity index (χ3v) is 3.79. The minimum absolute atomic E-state index is 0.167. The van der Waals surface area contributed by atoms with E-state index < -0.39 is 0 Å². The average Bonchev–Trinajstić information content (AvgIpc) is 2.35. The van der Waals surface area contributed by atoms with Crippen molar-refractivity contribution in [2.75, 3.05) is 47.1 Å². The van der Waals surface area contributed by atoms with Gasteiger partial charge < -0.3 is 14.8 Å². The molecule has 19 heavy (non-hydrogen) atoms. The number of nitrogens with one attached hydrogen (secondary N) is 1. The number of nitrogens with zero attached hydrogens (tertiary/aromatic N) is 1. The molecule has 0 aromatic carbocycles. The SMILES string of the molecule is COCC1CCN(C(CNC(C)(C)C)COC)CC1. The molecule has 114 valence electrons. The monoisotopic (exact) mass is 272 g/mol. The smallest absolute Gasteiger partial charge is 0.0630 e. The van der Waals surface area contributed by atoms with Crippen LogP contribution >= 0.6 is 0 Å². The number of rotatable bonds is 7. The molecule has 0 saturated carbocycles. The van der Waals surface area contributed by atoms with Gasteiger partial charge in [0.05, 0.1) is 6.61 Å². The lowest BCUT2D eigenvalue weighted by Gasteiger charge is -2.38. The van der Waals surface area contributed by atoms with Crippen LogP contribution in [0.1, 0.15) is 33.6 Å². The maximum Gasteiger partial charge on any atom is 0.0630 e. The highest BCUT2D eigenvalue weighted by molar-refractivity contribution is 4.82. The van der Waals surface area contributed by atoms with Crippen molar-refractivity contribution in [1.82, 2.24) is 10.2 Å². The third-order valence-electron chi connectivity index (χ3n) is 3.79. The molecule has 1 rings (SSSR count). The molecule has 0 aliphatic carbocycles. The predicted molar refractivity (Wildman–Crippen MR) is 79.6 cm³/mol. The second kappa shape index (κ2) is 8.20. The Morgan fingerprint density at radius 1 is 1.16 bits per heavy atom. The minimum Gasteiger partial charge on any atom is -0.384 e. The van der Waals surface area contributed by atoms with Gasteiger partial charge in [-0.3, -0.25) is 4.90 Å². The molecule has 4 heteroatoms. The van der Waals surface area contributed by atoms with Gasteiger partial charge in [-0.15, -0.1) is 0 Å². The van der Waals surface area contributed by atoms with E-state index in [0.29, 0.717) is 6.04 Å². The Morgan fingerprint density at radius 3 is 2.26 bits per heavy atom. The Hall–Kier alpha value is -0.160. The van der Waals surface area contributed by atoms with Crippen LogP contribution in [0.4, 0.5) is 0 Å². The van der Waals surface area contributed by atoms with E-state index in [1.165, 1.54) is 12.8 Å². The number of methoxy groups -OCH3 is 2. The summed E-state index contributed by atoms with van der Waals surface area (Å²) in [5.74, 6) is 0.736. The lowest BCUT2D eigenvalue weighted by atomic mass is 9.96. The Morgan fingerprint density at radius 2 is 1.79 bits per heavy atom. The number of ether oxygens (including phenoxy) is 2. The van der Waals surface area contributed by atoms with E-state index >= 15 is 0 Å². The van der Waals surface area contributed by atoms with Gasteiger partial charge in [-0.05, 0) is 52.6 Å². The van der Waals surface area contributed by atoms with E-state index in [4.69, 9.17) is 9.47 Å². The quantitative estimate of drug-likeness (QED) is 0.765. The second-order valence-corrected chi connectivity index (χ2v) is 6.67. The van der Waals surface area contributed by atoms with Crippen molar-refractivity contribution in [3.05, 3.63) is 0 Å². The molecule has 0 amide bonds. The van der Waals surface area contributed by atoms with Gasteiger partial charge in [-0.25, -0.2) is 0 Å². The van der Waals surface area contributed by atoms with E-state index in [0.717, 1.165) is 38.8 Å². The average molecular weight is 272 g/mol. The fourth-order valence-corrected chi connectivity index (χ4v) is 2.63. The Bertz CT molecular complexity index is 233. The van der Waals surface area contributed by atoms with Gasteiger partial charge in [-0.2, -0.15) is 0 Å². The molecule has 1 aliphatic rings. The number of likely N-dealkylation sites (tertiary alicyclic amines) is 1. The number of hydrogen-bond donors (Lipinski definition) is 1. The van der Waals surface area contributed by atoms with Crippen LogP contribution < -0.4 is 5.32 Å². The highest BCUT2D eigenvalue weighted by Crippen LogP contribution is 2.19. The molecule has 1 N–H and O–H groups in total. The molecule has 1 fully saturated rings. The zero-order valence-electron chi connectivity index (χ0n) is 13.4. The van der Waals surface area contributed by atoms with E-state index in [2.05, 4.69) is 31.0 Å². The van der Waals surface area contributed by atoms with Gasteiger partial charge in [0.1, 0.15) is 0 Å². The molecule has 0 spiro atoms. The van der Waals surface area contributed by atoms with Crippen LogP contribution in [0.25, 0.3) is 0 Å². The predicted octanol–water partition coefficient (Wildman–Crippen LogP) is 1.75. The topological polar surface area (TPSA) is 33.7 Å². The minimum atomic E-state index is 0.167. The van der Waals surface area contributed by atoms with Crippen molar-refractivity contribution in [1.29, 1.82) is 0 Å². The van der Waals surface area contributed by atoms with Crippen LogP contribution in [0.2, 0.25) is 0 Å². The normalized spacial score (nSPS) is 20.7. The van der Waals surface area contributed by atoms with Crippen molar-refractivity contribution in [2.24, 2.45) is 5.92 Å². The summed E-state index contributed by atoms with van der Waals surface area (Å²) in [5, 5.41) is 3.59. The molecule has 1 unspecified atom stereocenters. The van der Waals surface area contributed by atoms with Crippen molar-refractivity contribution in [2.45, 2.75) is 45.2 Å². The van der Waals surface area contributed by atoms with E-state index in [-0.39, 0.29) is 5.54 Å². The van der Waals surface area contributed by atoms with Crippen molar-refractivity contribution in [3.63, 3.8) is 0 Å². The zero-order chi connectivity index (χ0) is 14.3. The Kier molecular flexibility index (Phi) is 7.29. The highest BCUT2D eigenvalue weighted by atomic mass is 16.5. The van der Waals surface area contributed by atoms with E-state index in [9.17, 15) is 0 Å². The first kappa shape index (κ1) is 16.9. The van der Waals surface area contributed by atoms with Gasteiger partial charge in [0.15, 0.2) is 0 Å². The van der Waals surface area contributed by atoms with Crippen molar-refractivity contribution < 1.29 is 9.47 Å². The molecular formula is C15H32N2O2. The van der Waals surface area contributed by atoms with Crippen LogP contribution in [0.5, 0.6) is 0 Å². The summed E-state index contributed by atoms with van der Waals surface area (Å²) in [6.07, 6.45) is 2.48. The molecular weight excluding hydrogens is 240 g/mol. The summed E-state index contributed by atoms with van der Waals surface area (Å²) >= 11 is 0. The van der Waals surface area contributed by atoms with Crippen molar-refractivity contribution >= 4 is 0 Å². The summed E-state index contributed by atoms with van der Waals surface area (Å²) in [6.45, 7) is 11.7. The first-order valence-corrected chi connectivity index (χ1v) is 7.43. The summed E-state index contributed by atoms with van der Waals surface area (Å²) in [7, 11) is 3.59. The molecule has 0 bridgehead atoms. The first-order valence-electron chi connectivity index (χ1n) is 7.43. The van der Waals surface area contributed by atoms with Crippen LogP contribution in [0.3, 0.4) is 0 Å². The van der Waals surface area contributed by atoms with E-state index in [1.54, 1.807) is 14.2 Å². The van der Waals surface area contributed by atoms with Gasteiger partial charge in [0.2, 0.25) is 0 Å². The van der Waals surface area contributed by atoms with Crippen LogP contribution in [0, 0.1) is 5.92 Å². The summed E-state index contributed by atoms with van der Waals surface area (Å²) in [5.41, 5.74) is 0.167.